The highest BCUT2D eigenvalue weighted by atomic mass is 16.5. The summed E-state index contributed by atoms with van der Waals surface area (Å²) in [5, 5.41) is 8.42. The fraction of sp³-hybridized carbons (Fsp3) is 0.364. The van der Waals surface area contributed by atoms with E-state index in [1.54, 1.807) is 24.3 Å². The molecule has 0 spiro atoms. The summed E-state index contributed by atoms with van der Waals surface area (Å²) in [7, 11) is 0. The summed E-state index contributed by atoms with van der Waals surface area (Å²) in [6, 6.07) is 14.8. The molecule has 0 atom stereocenters. The molecule has 1 saturated heterocycles. The van der Waals surface area contributed by atoms with E-state index in [4.69, 9.17) is 4.74 Å². The molecular formula is C22H28N4O3. The second-order valence-corrected chi connectivity index (χ2v) is 7.28. The lowest BCUT2D eigenvalue weighted by atomic mass is 10.1. The van der Waals surface area contributed by atoms with Gasteiger partial charge < -0.3 is 25.6 Å². The average molecular weight is 396 g/mol. The van der Waals surface area contributed by atoms with E-state index in [1.165, 1.54) is 5.69 Å². The van der Waals surface area contributed by atoms with Crippen LogP contribution in [-0.4, -0.2) is 44.3 Å². The zero-order chi connectivity index (χ0) is 20.6. The van der Waals surface area contributed by atoms with Gasteiger partial charge in [0, 0.05) is 42.6 Å². The summed E-state index contributed by atoms with van der Waals surface area (Å²) in [4.78, 5) is 26.4. The van der Waals surface area contributed by atoms with Crippen molar-refractivity contribution in [1.29, 1.82) is 0 Å². The minimum Gasteiger partial charge on any atom is -0.378 e. The Kier molecular flexibility index (Phi) is 7.08. The number of carbonyl (C=O) groups is 2. The minimum atomic E-state index is -0.266. The summed E-state index contributed by atoms with van der Waals surface area (Å²) >= 11 is 0. The summed E-state index contributed by atoms with van der Waals surface area (Å²) in [6.45, 7) is 7.56. The van der Waals surface area contributed by atoms with Crippen LogP contribution >= 0.6 is 0 Å². The molecule has 0 aromatic heterocycles. The molecule has 2 aromatic carbocycles. The number of carbonyl (C=O) groups excluding carboxylic acids is 2. The van der Waals surface area contributed by atoms with Crippen molar-refractivity contribution < 1.29 is 14.3 Å². The molecule has 3 rings (SSSR count). The first kappa shape index (κ1) is 20.7. The molecular weight excluding hydrogens is 368 g/mol. The fourth-order valence-electron chi connectivity index (χ4n) is 3.06. The van der Waals surface area contributed by atoms with Crippen LogP contribution in [0.4, 0.5) is 16.2 Å². The number of hydrogen-bond acceptors (Lipinski definition) is 4. The lowest BCUT2D eigenvalue weighted by Crippen LogP contribution is -2.36. The summed E-state index contributed by atoms with van der Waals surface area (Å²) in [5.41, 5.74) is 3.40. The van der Waals surface area contributed by atoms with Crippen LogP contribution in [0.15, 0.2) is 48.5 Å². The Morgan fingerprint density at radius 3 is 2.28 bits per heavy atom. The fourth-order valence-corrected chi connectivity index (χ4v) is 3.06. The van der Waals surface area contributed by atoms with Crippen LogP contribution in [0.1, 0.15) is 29.8 Å². The highest BCUT2D eigenvalue weighted by Crippen LogP contribution is 2.17. The van der Waals surface area contributed by atoms with Gasteiger partial charge in [0.25, 0.3) is 5.91 Å². The van der Waals surface area contributed by atoms with E-state index in [0.29, 0.717) is 17.8 Å². The van der Waals surface area contributed by atoms with E-state index >= 15 is 0 Å². The molecule has 2 aromatic rings. The van der Waals surface area contributed by atoms with Crippen LogP contribution in [0, 0.1) is 0 Å². The van der Waals surface area contributed by atoms with Crippen LogP contribution < -0.4 is 20.9 Å². The van der Waals surface area contributed by atoms with Crippen molar-refractivity contribution in [3.63, 3.8) is 0 Å². The van der Waals surface area contributed by atoms with Crippen LogP contribution in [0.25, 0.3) is 0 Å². The highest BCUT2D eigenvalue weighted by molar-refractivity contribution is 5.95. The predicted molar refractivity (Wildman–Crippen MR) is 114 cm³/mol. The zero-order valence-electron chi connectivity index (χ0n) is 16.9. The van der Waals surface area contributed by atoms with Gasteiger partial charge in [-0.3, -0.25) is 4.79 Å². The van der Waals surface area contributed by atoms with E-state index in [2.05, 4.69) is 33.0 Å². The molecule has 1 fully saturated rings. The number of amides is 3. The van der Waals surface area contributed by atoms with Gasteiger partial charge in [0.05, 0.1) is 13.2 Å². The maximum absolute atomic E-state index is 12.4. The normalized spacial score (nSPS) is 13.8. The Morgan fingerprint density at radius 2 is 1.66 bits per heavy atom. The molecule has 0 unspecified atom stereocenters. The van der Waals surface area contributed by atoms with Gasteiger partial charge in [0.15, 0.2) is 0 Å². The maximum Gasteiger partial charge on any atom is 0.319 e. The van der Waals surface area contributed by atoms with Crippen LogP contribution in [0.3, 0.4) is 0 Å². The van der Waals surface area contributed by atoms with Crippen molar-refractivity contribution in [2.24, 2.45) is 0 Å². The minimum absolute atomic E-state index is 0.0583. The summed E-state index contributed by atoms with van der Waals surface area (Å²) < 4.78 is 5.38. The van der Waals surface area contributed by atoms with Crippen molar-refractivity contribution in [2.75, 3.05) is 36.5 Å². The zero-order valence-corrected chi connectivity index (χ0v) is 16.9. The van der Waals surface area contributed by atoms with Crippen molar-refractivity contribution in [2.45, 2.75) is 26.4 Å². The Balaban J connectivity index is 1.49. The quantitative estimate of drug-likeness (QED) is 0.701. The SMILES string of the molecule is CC(C)NC(=O)Nc1ccc(C(=O)NCc2ccc(N3CCOCC3)cc2)cc1. The number of morpholine rings is 1. The van der Waals surface area contributed by atoms with Gasteiger partial charge in [-0.1, -0.05) is 12.1 Å². The first-order valence-corrected chi connectivity index (χ1v) is 9.88. The third-order valence-electron chi connectivity index (χ3n) is 4.59. The topological polar surface area (TPSA) is 82.7 Å². The molecule has 1 aliphatic rings. The second kappa shape index (κ2) is 9.93. The number of nitrogens with zero attached hydrogens (tertiary/aromatic N) is 1. The lowest BCUT2D eigenvalue weighted by molar-refractivity contribution is 0.0951. The van der Waals surface area contributed by atoms with Gasteiger partial charge in [-0.05, 0) is 55.8 Å². The molecule has 1 aliphatic heterocycles. The van der Waals surface area contributed by atoms with Crippen LogP contribution in [0.2, 0.25) is 0 Å². The molecule has 3 amide bonds. The molecule has 0 aliphatic carbocycles. The van der Waals surface area contributed by atoms with Crippen LogP contribution in [0.5, 0.6) is 0 Å². The average Bonchev–Trinajstić information content (AvgIpc) is 2.73. The highest BCUT2D eigenvalue weighted by Gasteiger charge is 2.11. The Morgan fingerprint density at radius 1 is 1.00 bits per heavy atom. The molecule has 0 radical (unpaired) electrons. The number of ether oxygens (including phenoxy) is 1. The molecule has 0 bridgehead atoms. The van der Waals surface area contributed by atoms with E-state index in [0.717, 1.165) is 31.9 Å². The number of urea groups is 1. The maximum atomic E-state index is 12.4. The molecule has 7 heteroatoms. The molecule has 1 heterocycles. The Bertz CT molecular complexity index is 813. The largest absolute Gasteiger partial charge is 0.378 e. The number of rotatable bonds is 6. The van der Waals surface area contributed by atoms with Crippen molar-refractivity contribution in [3.8, 4) is 0 Å². The number of anilines is 2. The van der Waals surface area contributed by atoms with Crippen LogP contribution in [-0.2, 0) is 11.3 Å². The van der Waals surface area contributed by atoms with Gasteiger partial charge in [0.1, 0.15) is 0 Å². The van der Waals surface area contributed by atoms with Gasteiger partial charge >= 0.3 is 6.03 Å². The number of nitrogens with one attached hydrogen (secondary N) is 3. The number of hydrogen-bond donors (Lipinski definition) is 3. The first-order valence-electron chi connectivity index (χ1n) is 9.88. The monoisotopic (exact) mass is 396 g/mol. The van der Waals surface area contributed by atoms with Crippen molar-refractivity contribution in [3.05, 3.63) is 59.7 Å². The van der Waals surface area contributed by atoms with Gasteiger partial charge in [0.2, 0.25) is 0 Å². The van der Waals surface area contributed by atoms with E-state index in [1.807, 2.05) is 26.0 Å². The number of benzene rings is 2. The molecule has 3 N–H and O–H groups in total. The third-order valence-corrected chi connectivity index (χ3v) is 4.59. The Labute approximate surface area is 171 Å². The molecule has 29 heavy (non-hydrogen) atoms. The predicted octanol–water partition coefficient (Wildman–Crippen LogP) is 2.98. The molecule has 0 saturated carbocycles. The van der Waals surface area contributed by atoms with E-state index < -0.39 is 0 Å². The molecule has 154 valence electrons. The third kappa shape index (κ3) is 6.22. The van der Waals surface area contributed by atoms with E-state index in [9.17, 15) is 9.59 Å². The standard InChI is InChI=1S/C22H28N4O3/c1-16(2)24-22(28)25-19-7-5-18(6-8-19)21(27)23-15-17-3-9-20(10-4-17)26-11-13-29-14-12-26/h3-10,16H,11-15H2,1-2H3,(H,23,27)(H2,24,25,28). The molecule has 7 nitrogen and oxygen atoms in total. The first-order chi connectivity index (χ1) is 14.0. The lowest BCUT2D eigenvalue weighted by Gasteiger charge is -2.28. The summed E-state index contributed by atoms with van der Waals surface area (Å²) in [5.74, 6) is -0.152. The van der Waals surface area contributed by atoms with Gasteiger partial charge in [-0.2, -0.15) is 0 Å². The van der Waals surface area contributed by atoms with Gasteiger partial charge in [-0.25, -0.2) is 4.79 Å². The van der Waals surface area contributed by atoms with Crippen molar-refractivity contribution >= 4 is 23.3 Å². The Hall–Kier alpha value is -3.06. The van der Waals surface area contributed by atoms with Gasteiger partial charge in [-0.15, -0.1) is 0 Å². The summed E-state index contributed by atoms with van der Waals surface area (Å²) in [6.07, 6.45) is 0. The second-order valence-electron chi connectivity index (χ2n) is 7.28. The smallest absolute Gasteiger partial charge is 0.319 e. The van der Waals surface area contributed by atoms with E-state index in [-0.39, 0.29) is 18.0 Å². The van der Waals surface area contributed by atoms with Crippen molar-refractivity contribution in [1.82, 2.24) is 10.6 Å².